The Balaban J connectivity index is 2.45. The van der Waals surface area contributed by atoms with E-state index in [0.29, 0.717) is 18.4 Å². The van der Waals surface area contributed by atoms with Crippen LogP contribution in [-0.2, 0) is 0 Å². The highest BCUT2D eigenvalue weighted by Gasteiger charge is 2.18. The van der Waals surface area contributed by atoms with E-state index in [9.17, 15) is 0 Å². The van der Waals surface area contributed by atoms with Crippen molar-refractivity contribution >= 4 is 33.2 Å². The summed E-state index contributed by atoms with van der Waals surface area (Å²) >= 11 is 7.66. The Bertz CT molecular complexity index is 493. The number of thiazole rings is 1. The van der Waals surface area contributed by atoms with Crippen LogP contribution in [0.2, 0.25) is 5.02 Å². The van der Waals surface area contributed by atoms with Gasteiger partial charge >= 0.3 is 0 Å². The Kier molecular flexibility index (Phi) is 3.47. The summed E-state index contributed by atoms with van der Waals surface area (Å²) in [5, 5.41) is 1.85. The molecule has 0 saturated heterocycles. The first-order valence-electron chi connectivity index (χ1n) is 5.38. The second-order valence-corrected chi connectivity index (χ2v) is 5.75. The maximum Gasteiger partial charge on any atom is 0.0984 e. The summed E-state index contributed by atoms with van der Waals surface area (Å²) in [6.45, 7) is 5.00. The number of benzene rings is 1. The van der Waals surface area contributed by atoms with Crippen molar-refractivity contribution in [3.63, 3.8) is 0 Å². The molecule has 2 rings (SSSR count). The molecule has 1 aromatic heterocycles. The average Bonchev–Trinajstić information content (AvgIpc) is 2.60. The zero-order chi connectivity index (χ0) is 11.7. The predicted octanol–water partition coefficient (Wildman–Crippen LogP) is 3.65. The van der Waals surface area contributed by atoms with E-state index in [2.05, 4.69) is 18.8 Å². The molecular formula is C12H15ClN2S. The van der Waals surface area contributed by atoms with Crippen LogP contribution in [0.3, 0.4) is 0 Å². The number of halogens is 1. The van der Waals surface area contributed by atoms with Crippen molar-refractivity contribution in [1.82, 2.24) is 4.98 Å². The number of aromatic nitrogens is 1. The van der Waals surface area contributed by atoms with E-state index in [-0.39, 0.29) is 0 Å². The first kappa shape index (κ1) is 11.8. The quantitative estimate of drug-likeness (QED) is 0.908. The standard InChI is InChI=1S/C12H15ClN2S/c1-7(2)9(6-14)12-15-10-5-8(13)3-4-11(10)16-12/h3-5,7,9H,6,14H2,1-2H3. The normalized spacial score (nSPS) is 13.6. The largest absolute Gasteiger partial charge is 0.330 e. The maximum absolute atomic E-state index is 5.94. The highest BCUT2D eigenvalue weighted by Crippen LogP contribution is 2.32. The van der Waals surface area contributed by atoms with Crippen LogP contribution in [-0.4, -0.2) is 11.5 Å². The lowest BCUT2D eigenvalue weighted by molar-refractivity contribution is 0.505. The van der Waals surface area contributed by atoms with Crippen molar-refractivity contribution in [1.29, 1.82) is 0 Å². The van der Waals surface area contributed by atoms with Gasteiger partial charge in [-0.15, -0.1) is 11.3 Å². The van der Waals surface area contributed by atoms with Crippen LogP contribution in [0.5, 0.6) is 0 Å². The molecule has 86 valence electrons. The van der Waals surface area contributed by atoms with Gasteiger partial charge < -0.3 is 5.73 Å². The van der Waals surface area contributed by atoms with Crippen molar-refractivity contribution in [3.05, 3.63) is 28.2 Å². The molecule has 4 heteroatoms. The van der Waals surface area contributed by atoms with Crippen molar-refractivity contribution in [2.75, 3.05) is 6.54 Å². The van der Waals surface area contributed by atoms with E-state index in [1.54, 1.807) is 11.3 Å². The highest BCUT2D eigenvalue weighted by molar-refractivity contribution is 7.18. The van der Waals surface area contributed by atoms with Crippen molar-refractivity contribution < 1.29 is 0 Å². The summed E-state index contributed by atoms with van der Waals surface area (Å²) < 4.78 is 1.18. The molecule has 1 aromatic carbocycles. The number of hydrogen-bond donors (Lipinski definition) is 1. The fourth-order valence-corrected chi connectivity index (χ4v) is 3.14. The van der Waals surface area contributed by atoms with Crippen LogP contribution < -0.4 is 5.73 Å². The molecule has 0 aliphatic rings. The molecule has 2 aromatic rings. The summed E-state index contributed by atoms with van der Waals surface area (Å²) in [4.78, 5) is 4.62. The first-order valence-corrected chi connectivity index (χ1v) is 6.57. The molecule has 2 nitrogen and oxygen atoms in total. The highest BCUT2D eigenvalue weighted by atomic mass is 35.5. The van der Waals surface area contributed by atoms with Gasteiger partial charge in [-0.3, -0.25) is 0 Å². The van der Waals surface area contributed by atoms with Crippen molar-refractivity contribution in [2.24, 2.45) is 11.7 Å². The second kappa shape index (κ2) is 4.70. The lowest BCUT2D eigenvalue weighted by atomic mass is 9.97. The van der Waals surface area contributed by atoms with Crippen LogP contribution >= 0.6 is 22.9 Å². The van der Waals surface area contributed by atoms with E-state index >= 15 is 0 Å². The van der Waals surface area contributed by atoms with Crippen LogP contribution in [0.4, 0.5) is 0 Å². The Morgan fingerprint density at radius 1 is 1.44 bits per heavy atom. The van der Waals surface area contributed by atoms with E-state index in [4.69, 9.17) is 17.3 Å². The summed E-state index contributed by atoms with van der Waals surface area (Å²) in [5.41, 5.74) is 6.78. The maximum atomic E-state index is 5.94. The van der Waals surface area contributed by atoms with Gasteiger partial charge in [0.15, 0.2) is 0 Å². The van der Waals surface area contributed by atoms with E-state index < -0.39 is 0 Å². The fraction of sp³-hybridized carbons (Fsp3) is 0.417. The molecule has 0 aliphatic heterocycles. The number of rotatable bonds is 3. The Hall–Kier alpha value is -0.640. The summed E-state index contributed by atoms with van der Waals surface area (Å²) in [7, 11) is 0. The third kappa shape index (κ3) is 2.21. The average molecular weight is 255 g/mol. The molecule has 1 atom stereocenters. The lowest BCUT2D eigenvalue weighted by Crippen LogP contribution is -2.17. The van der Waals surface area contributed by atoms with Gasteiger partial charge in [-0.25, -0.2) is 4.98 Å². The number of hydrogen-bond acceptors (Lipinski definition) is 3. The molecule has 0 aliphatic carbocycles. The first-order chi connectivity index (χ1) is 7.61. The van der Waals surface area contributed by atoms with Gasteiger partial charge in [-0.1, -0.05) is 25.4 Å². The summed E-state index contributed by atoms with van der Waals surface area (Å²) in [6.07, 6.45) is 0. The van der Waals surface area contributed by atoms with Gasteiger partial charge in [-0.2, -0.15) is 0 Å². The van der Waals surface area contributed by atoms with Crippen LogP contribution in [0, 0.1) is 5.92 Å². The van der Waals surface area contributed by atoms with Gasteiger partial charge in [0.05, 0.1) is 15.2 Å². The number of nitrogens with two attached hydrogens (primary N) is 1. The molecule has 0 spiro atoms. The minimum Gasteiger partial charge on any atom is -0.330 e. The smallest absolute Gasteiger partial charge is 0.0984 e. The molecule has 0 radical (unpaired) electrons. The summed E-state index contributed by atoms with van der Waals surface area (Å²) in [6, 6.07) is 5.83. The van der Waals surface area contributed by atoms with Gasteiger partial charge in [0, 0.05) is 17.5 Å². The molecule has 0 fully saturated rings. The monoisotopic (exact) mass is 254 g/mol. The number of fused-ring (bicyclic) bond motifs is 1. The van der Waals surface area contributed by atoms with Crippen LogP contribution in [0.25, 0.3) is 10.2 Å². The van der Waals surface area contributed by atoms with Gasteiger partial charge in [-0.05, 0) is 24.1 Å². The second-order valence-electron chi connectivity index (χ2n) is 4.25. The van der Waals surface area contributed by atoms with E-state index in [1.165, 1.54) is 4.70 Å². The Morgan fingerprint density at radius 3 is 2.81 bits per heavy atom. The van der Waals surface area contributed by atoms with Gasteiger partial charge in [0.25, 0.3) is 0 Å². The third-order valence-electron chi connectivity index (χ3n) is 2.74. The molecule has 0 saturated carbocycles. The van der Waals surface area contributed by atoms with Crippen LogP contribution in [0.15, 0.2) is 18.2 Å². The van der Waals surface area contributed by atoms with E-state index in [0.717, 1.165) is 15.5 Å². The fourth-order valence-electron chi connectivity index (χ4n) is 1.74. The lowest BCUT2D eigenvalue weighted by Gasteiger charge is -2.15. The third-order valence-corrected chi connectivity index (χ3v) is 4.15. The molecule has 16 heavy (non-hydrogen) atoms. The molecule has 2 N–H and O–H groups in total. The zero-order valence-corrected chi connectivity index (χ0v) is 11.0. The molecular weight excluding hydrogens is 240 g/mol. The Labute approximate surface area is 104 Å². The molecule has 0 amide bonds. The Morgan fingerprint density at radius 2 is 2.19 bits per heavy atom. The number of nitrogens with zero attached hydrogens (tertiary/aromatic N) is 1. The summed E-state index contributed by atoms with van der Waals surface area (Å²) in [5.74, 6) is 0.859. The van der Waals surface area contributed by atoms with E-state index in [1.807, 2.05) is 18.2 Å². The minimum absolute atomic E-state index is 0.344. The minimum atomic E-state index is 0.344. The van der Waals surface area contributed by atoms with Crippen LogP contribution in [0.1, 0.15) is 24.8 Å². The van der Waals surface area contributed by atoms with Crippen molar-refractivity contribution in [2.45, 2.75) is 19.8 Å². The van der Waals surface area contributed by atoms with Gasteiger partial charge in [0.1, 0.15) is 0 Å². The van der Waals surface area contributed by atoms with Crippen molar-refractivity contribution in [3.8, 4) is 0 Å². The topological polar surface area (TPSA) is 38.9 Å². The SMILES string of the molecule is CC(C)C(CN)c1nc2cc(Cl)ccc2s1. The van der Waals surface area contributed by atoms with Gasteiger partial charge in [0.2, 0.25) is 0 Å². The molecule has 1 heterocycles. The predicted molar refractivity (Wildman–Crippen MR) is 71.3 cm³/mol. The zero-order valence-electron chi connectivity index (χ0n) is 9.40. The molecule has 0 bridgehead atoms. The molecule has 1 unspecified atom stereocenters.